The standard InChI is InChI=1S/C16H18N4O2/c1-10-3-6-14(22-2)13(9-10)20-16-17-8-7-12(19-16)15(21)18-11-4-5-11/h3,6-9,11H,4-5H2,1-2H3,(H,18,21)(H,17,19,20). The second kappa shape index (κ2) is 6.01. The molecule has 1 fully saturated rings. The number of ether oxygens (including phenoxy) is 1. The summed E-state index contributed by atoms with van der Waals surface area (Å²) in [5.74, 6) is 0.901. The van der Waals surface area contributed by atoms with Gasteiger partial charge in [0.1, 0.15) is 11.4 Å². The molecule has 1 aliphatic rings. The Morgan fingerprint density at radius 2 is 2.14 bits per heavy atom. The molecule has 1 aliphatic carbocycles. The second-order valence-electron chi connectivity index (χ2n) is 5.34. The summed E-state index contributed by atoms with van der Waals surface area (Å²) in [5.41, 5.74) is 2.21. The summed E-state index contributed by atoms with van der Waals surface area (Å²) in [4.78, 5) is 20.4. The molecule has 0 spiro atoms. The molecule has 0 saturated heterocycles. The molecular weight excluding hydrogens is 280 g/mol. The molecule has 114 valence electrons. The van der Waals surface area contributed by atoms with E-state index in [-0.39, 0.29) is 5.91 Å². The van der Waals surface area contributed by atoms with Crippen LogP contribution in [0.15, 0.2) is 30.5 Å². The van der Waals surface area contributed by atoms with Crippen molar-refractivity contribution in [1.82, 2.24) is 15.3 Å². The van der Waals surface area contributed by atoms with Gasteiger partial charge in [-0.25, -0.2) is 9.97 Å². The summed E-state index contributed by atoms with van der Waals surface area (Å²) >= 11 is 0. The van der Waals surface area contributed by atoms with Gasteiger partial charge in [-0.05, 0) is 43.5 Å². The lowest BCUT2D eigenvalue weighted by Crippen LogP contribution is -2.26. The monoisotopic (exact) mass is 298 g/mol. The average molecular weight is 298 g/mol. The van der Waals surface area contributed by atoms with Crippen LogP contribution in [0.25, 0.3) is 0 Å². The fourth-order valence-corrected chi connectivity index (χ4v) is 2.07. The highest BCUT2D eigenvalue weighted by atomic mass is 16.5. The first-order valence-corrected chi connectivity index (χ1v) is 7.21. The molecule has 0 bridgehead atoms. The summed E-state index contributed by atoms with van der Waals surface area (Å²) in [6.07, 6.45) is 3.66. The van der Waals surface area contributed by atoms with E-state index in [0.717, 1.165) is 24.1 Å². The average Bonchev–Trinajstić information content (AvgIpc) is 3.32. The number of aryl methyl sites for hydroxylation is 1. The highest BCUT2D eigenvalue weighted by molar-refractivity contribution is 5.92. The van der Waals surface area contributed by atoms with E-state index in [0.29, 0.717) is 23.4 Å². The van der Waals surface area contributed by atoms with Gasteiger partial charge in [-0.15, -0.1) is 0 Å². The largest absolute Gasteiger partial charge is 0.495 e. The van der Waals surface area contributed by atoms with Gasteiger partial charge in [-0.2, -0.15) is 0 Å². The van der Waals surface area contributed by atoms with Gasteiger partial charge in [-0.3, -0.25) is 4.79 Å². The smallest absolute Gasteiger partial charge is 0.270 e. The Kier molecular flexibility index (Phi) is 3.91. The maximum atomic E-state index is 12.0. The molecule has 0 unspecified atom stereocenters. The third-order valence-corrected chi connectivity index (χ3v) is 3.40. The number of carbonyl (C=O) groups is 1. The van der Waals surface area contributed by atoms with Crippen LogP contribution in [0.2, 0.25) is 0 Å². The van der Waals surface area contributed by atoms with E-state index in [9.17, 15) is 4.79 Å². The normalized spacial score (nSPS) is 13.5. The van der Waals surface area contributed by atoms with Gasteiger partial charge in [0.25, 0.3) is 5.91 Å². The van der Waals surface area contributed by atoms with E-state index in [1.54, 1.807) is 19.4 Å². The first-order chi connectivity index (χ1) is 10.7. The van der Waals surface area contributed by atoms with Gasteiger partial charge < -0.3 is 15.4 Å². The maximum absolute atomic E-state index is 12.0. The second-order valence-corrected chi connectivity index (χ2v) is 5.34. The number of nitrogens with one attached hydrogen (secondary N) is 2. The SMILES string of the molecule is COc1ccc(C)cc1Nc1nccc(C(=O)NC2CC2)n1. The molecule has 1 aromatic heterocycles. The molecule has 2 aromatic rings. The lowest BCUT2D eigenvalue weighted by atomic mass is 10.2. The third kappa shape index (κ3) is 3.33. The van der Waals surface area contributed by atoms with Crippen molar-refractivity contribution in [2.75, 3.05) is 12.4 Å². The van der Waals surface area contributed by atoms with E-state index in [1.807, 2.05) is 25.1 Å². The van der Waals surface area contributed by atoms with Crippen molar-refractivity contribution in [2.45, 2.75) is 25.8 Å². The molecule has 22 heavy (non-hydrogen) atoms. The van der Waals surface area contributed by atoms with Crippen LogP contribution in [-0.4, -0.2) is 29.0 Å². The van der Waals surface area contributed by atoms with Crippen LogP contribution in [0, 0.1) is 6.92 Å². The molecule has 6 nitrogen and oxygen atoms in total. The van der Waals surface area contributed by atoms with Crippen molar-refractivity contribution in [3.8, 4) is 5.75 Å². The van der Waals surface area contributed by atoms with E-state index in [1.165, 1.54) is 0 Å². The van der Waals surface area contributed by atoms with Gasteiger partial charge in [0.05, 0.1) is 12.8 Å². The van der Waals surface area contributed by atoms with Gasteiger partial charge in [0.15, 0.2) is 0 Å². The van der Waals surface area contributed by atoms with Crippen molar-refractivity contribution in [1.29, 1.82) is 0 Å². The summed E-state index contributed by atoms with van der Waals surface area (Å²) in [7, 11) is 1.61. The number of methoxy groups -OCH3 is 1. The van der Waals surface area contributed by atoms with Crippen molar-refractivity contribution < 1.29 is 9.53 Å². The van der Waals surface area contributed by atoms with E-state index >= 15 is 0 Å². The molecule has 1 heterocycles. The first kappa shape index (κ1) is 14.3. The zero-order chi connectivity index (χ0) is 15.5. The summed E-state index contributed by atoms with van der Waals surface area (Å²) in [5, 5.41) is 6.01. The molecule has 1 amide bonds. The number of nitrogens with zero attached hydrogens (tertiary/aromatic N) is 2. The topological polar surface area (TPSA) is 76.1 Å². The molecular formula is C16H18N4O2. The fraction of sp³-hybridized carbons (Fsp3) is 0.312. The Bertz CT molecular complexity index is 698. The molecule has 2 N–H and O–H groups in total. The van der Waals surface area contributed by atoms with Crippen LogP contribution in [-0.2, 0) is 0 Å². The molecule has 0 aliphatic heterocycles. The predicted molar refractivity (Wildman–Crippen MR) is 83.5 cm³/mol. The predicted octanol–water partition coefficient (Wildman–Crippen LogP) is 2.43. The highest BCUT2D eigenvalue weighted by Gasteiger charge is 2.24. The van der Waals surface area contributed by atoms with Gasteiger partial charge in [-0.1, -0.05) is 6.07 Å². The minimum Gasteiger partial charge on any atom is -0.495 e. The minimum absolute atomic E-state index is 0.163. The Hall–Kier alpha value is -2.63. The zero-order valence-electron chi connectivity index (χ0n) is 12.6. The zero-order valence-corrected chi connectivity index (χ0v) is 12.6. The van der Waals surface area contributed by atoms with Crippen LogP contribution in [0.3, 0.4) is 0 Å². The lowest BCUT2D eigenvalue weighted by molar-refractivity contribution is 0.0946. The number of benzene rings is 1. The number of rotatable bonds is 5. The number of aromatic nitrogens is 2. The van der Waals surface area contributed by atoms with Crippen LogP contribution in [0.4, 0.5) is 11.6 Å². The lowest BCUT2D eigenvalue weighted by Gasteiger charge is -2.11. The summed E-state index contributed by atoms with van der Waals surface area (Å²) in [6, 6.07) is 7.69. The fourth-order valence-electron chi connectivity index (χ4n) is 2.07. The Morgan fingerprint density at radius 1 is 1.32 bits per heavy atom. The van der Waals surface area contributed by atoms with Gasteiger partial charge >= 0.3 is 0 Å². The number of anilines is 2. The molecule has 0 atom stereocenters. The van der Waals surface area contributed by atoms with Crippen molar-refractivity contribution >= 4 is 17.5 Å². The maximum Gasteiger partial charge on any atom is 0.270 e. The van der Waals surface area contributed by atoms with Gasteiger partial charge in [0.2, 0.25) is 5.95 Å². The van der Waals surface area contributed by atoms with Crippen LogP contribution in [0.1, 0.15) is 28.9 Å². The molecule has 1 aromatic carbocycles. The van der Waals surface area contributed by atoms with Crippen LogP contribution < -0.4 is 15.4 Å². The van der Waals surface area contributed by atoms with Crippen molar-refractivity contribution in [3.63, 3.8) is 0 Å². The van der Waals surface area contributed by atoms with Gasteiger partial charge in [0, 0.05) is 12.2 Å². The summed E-state index contributed by atoms with van der Waals surface area (Å²) < 4.78 is 5.31. The number of carbonyl (C=O) groups excluding carboxylic acids is 1. The quantitative estimate of drug-likeness (QED) is 0.886. The summed E-state index contributed by atoms with van der Waals surface area (Å²) in [6.45, 7) is 1.99. The van der Waals surface area contributed by atoms with Crippen molar-refractivity contribution in [3.05, 3.63) is 41.7 Å². The van der Waals surface area contributed by atoms with Crippen molar-refractivity contribution in [2.24, 2.45) is 0 Å². The van der Waals surface area contributed by atoms with Crippen LogP contribution in [0.5, 0.6) is 5.75 Å². The van der Waals surface area contributed by atoms with E-state index in [4.69, 9.17) is 4.74 Å². The molecule has 0 radical (unpaired) electrons. The van der Waals surface area contributed by atoms with E-state index < -0.39 is 0 Å². The Morgan fingerprint density at radius 3 is 2.86 bits per heavy atom. The molecule has 6 heteroatoms. The number of hydrogen-bond donors (Lipinski definition) is 2. The third-order valence-electron chi connectivity index (χ3n) is 3.40. The molecule has 3 rings (SSSR count). The Balaban J connectivity index is 1.80. The van der Waals surface area contributed by atoms with Crippen LogP contribution >= 0.6 is 0 Å². The first-order valence-electron chi connectivity index (χ1n) is 7.21. The van der Waals surface area contributed by atoms with E-state index in [2.05, 4.69) is 20.6 Å². The number of hydrogen-bond acceptors (Lipinski definition) is 5. The Labute approximate surface area is 128 Å². The highest BCUT2D eigenvalue weighted by Crippen LogP contribution is 2.27. The number of amides is 1. The minimum atomic E-state index is -0.163. The molecule has 1 saturated carbocycles.